The summed E-state index contributed by atoms with van der Waals surface area (Å²) in [7, 11) is 0. The second kappa shape index (κ2) is 7.07. The van der Waals surface area contributed by atoms with E-state index in [9.17, 15) is 4.79 Å². The number of carbonyl (C=O) groups excluding carboxylic acids is 1. The predicted molar refractivity (Wildman–Crippen MR) is 70.3 cm³/mol. The van der Waals surface area contributed by atoms with Crippen LogP contribution in [-0.4, -0.2) is 60.4 Å². The second-order valence-electron chi connectivity index (χ2n) is 5.52. The Kier molecular flexibility index (Phi) is 6.05. The Balaban J connectivity index is 2.42. The summed E-state index contributed by atoms with van der Waals surface area (Å²) in [5, 5.41) is 12.1. The first-order valence-electron chi connectivity index (χ1n) is 6.70. The fraction of sp³-hybridized carbons (Fsp3) is 0.923. The van der Waals surface area contributed by atoms with Crippen LogP contribution in [0.1, 0.15) is 27.7 Å². The molecule has 0 aromatic rings. The molecular formula is C13H26N2O3. The van der Waals surface area contributed by atoms with Crippen molar-refractivity contribution < 1.29 is 14.6 Å². The minimum atomic E-state index is -0.170. The van der Waals surface area contributed by atoms with Gasteiger partial charge in [-0.3, -0.25) is 9.69 Å². The molecule has 0 spiro atoms. The molecular weight excluding hydrogens is 232 g/mol. The molecule has 0 saturated carbocycles. The zero-order valence-electron chi connectivity index (χ0n) is 11.8. The molecule has 1 fully saturated rings. The average Bonchev–Trinajstić information content (AvgIpc) is 2.31. The minimum absolute atomic E-state index is 0.00718. The molecule has 0 aromatic heterocycles. The highest BCUT2D eigenvalue weighted by molar-refractivity contribution is 5.78. The first-order chi connectivity index (χ1) is 8.43. The van der Waals surface area contributed by atoms with E-state index >= 15 is 0 Å². The van der Waals surface area contributed by atoms with Gasteiger partial charge in [0.25, 0.3) is 0 Å². The smallest absolute Gasteiger partial charge is 0.234 e. The Morgan fingerprint density at radius 2 is 2.17 bits per heavy atom. The van der Waals surface area contributed by atoms with Crippen molar-refractivity contribution in [1.29, 1.82) is 0 Å². The number of ether oxygens (including phenoxy) is 1. The van der Waals surface area contributed by atoms with Gasteiger partial charge in [0.05, 0.1) is 25.9 Å². The van der Waals surface area contributed by atoms with Gasteiger partial charge in [0, 0.05) is 18.6 Å². The number of carbonyl (C=O) groups is 1. The van der Waals surface area contributed by atoms with Crippen molar-refractivity contribution in [2.75, 3.05) is 26.3 Å². The standard InChI is InChI=1S/C13H26N2O3/c1-9(2)11(4)14-13(17)6-15-5-12(7-16)18-8-10(15)3/h9-12,16H,5-8H2,1-4H3,(H,14,17). The third kappa shape index (κ3) is 4.55. The number of nitrogens with zero attached hydrogens (tertiary/aromatic N) is 1. The van der Waals surface area contributed by atoms with Gasteiger partial charge in [0.2, 0.25) is 5.91 Å². The van der Waals surface area contributed by atoms with Crippen molar-refractivity contribution in [1.82, 2.24) is 10.2 Å². The topological polar surface area (TPSA) is 61.8 Å². The number of hydrogen-bond acceptors (Lipinski definition) is 4. The van der Waals surface area contributed by atoms with Gasteiger partial charge in [0.15, 0.2) is 0 Å². The van der Waals surface area contributed by atoms with Gasteiger partial charge in [-0.05, 0) is 19.8 Å². The Hall–Kier alpha value is -0.650. The highest BCUT2D eigenvalue weighted by atomic mass is 16.5. The molecule has 3 atom stereocenters. The van der Waals surface area contributed by atoms with Gasteiger partial charge < -0.3 is 15.2 Å². The number of aliphatic hydroxyl groups excluding tert-OH is 1. The Bertz CT molecular complexity index is 271. The Morgan fingerprint density at radius 3 is 2.72 bits per heavy atom. The third-order valence-corrected chi connectivity index (χ3v) is 3.57. The fourth-order valence-corrected chi connectivity index (χ4v) is 1.86. The average molecular weight is 258 g/mol. The summed E-state index contributed by atoms with van der Waals surface area (Å²) < 4.78 is 5.45. The number of rotatable bonds is 5. The molecule has 0 aliphatic carbocycles. The number of nitrogens with one attached hydrogen (secondary N) is 1. The number of hydrogen-bond donors (Lipinski definition) is 2. The first-order valence-corrected chi connectivity index (χ1v) is 6.70. The van der Waals surface area contributed by atoms with E-state index in [1.807, 2.05) is 13.8 Å². The van der Waals surface area contributed by atoms with Crippen LogP contribution in [0.3, 0.4) is 0 Å². The van der Waals surface area contributed by atoms with Crippen LogP contribution in [0.15, 0.2) is 0 Å². The van der Waals surface area contributed by atoms with Gasteiger partial charge >= 0.3 is 0 Å². The SMILES string of the molecule is CC(C)C(C)NC(=O)CN1CC(CO)OCC1C. The summed E-state index contributed by atoms with van der Waals surface area (Å²) in [6.07, 6.45) is -0.170. The molecule has 0 radical (unpaired) electrons. The van der Waals surface area contributed by atoms with Crippen LogP contribution in [0.5, 0.6) is 0 Å². The van der Waals surface area contributed by atoms with Gasteiger partial charge in [-0.25, -0.2) is 0 Å². The maximum absolute atomic E-state index is 11.9. The molecule has 1 aliphatic heterocycles. The first kappa shape index (κ1) is 15.4. The Morgan fingerprint density at radius 1 is 1.50 bits per heavy atom. The summed E-state index contributed by atoms with van der Waals surface area (Å²) in [6.45, 7) is 9.79. The third-order valence-electron chi connectivity index (χ3n) is 3.57. The lowest BCUT2D eigenvalue weighted by molar-refractivity contribution is -0.128. The van der Waals surface area contributed by atoms with Crippen molar-refractivity contribution in [3.8, 4) is 0 Å². The van der Waals surface area contributed by atoms with E-state index < -0.39 is 0 Å². The van der Waals surface area contributed by atoms with Crippen LogP contribution in [-0.2, 0) is 9.53 Å². The molecule has 1 heterocycles. The van der Waals surface area contributed by atoms with Gasteiger partial charge in [-0.15, -0.1) is 0 Å². The van der Waals surface area contributed by atoms with E-state index in [1.54, 1.807) is 0 Å². The molecule has 2 N–H and O–H groups in total. The van der Waals surface area contributed by atoms with E-state index in [4.69, 9.17) is 9.84 Å². The number of aliphatic hydroxyl groups is 1. The van der Waals surface area contributed by atoms with Gasteiger partial charge in [0.1, 0.15) is 0 Å². The molecule has 1 aliphatic rings. The van der Waals surface area contributed by atoms with E-state index in [-0.39, 0.29) is 30.7 Å². The van der Waals surface area contributed by atoms with Gasteiger partial charge in [-0.2, -0.15) is 0 Å². The van der Waals surface area contributed by atoms with Crippen molar-refractivity contribution in [2.45, 2.75) is 45.9 Å². The molecule has 5 nitrogen and oxygen atoms in total. The van der Waals surface area contributed by atoms with Crippen molar-refractivity contribution in [3.63, 3.8) is 0 Å². The highest BCUT2D eigenvalue weighted by Crippen LogP contribution is 2.11. The maximum Gasteiger partial charge on any atom is 0.234 e. The van der Waals surface area contributed by atoms with Crippen LogP contribution in [0.4, 0.5) is 0 Å². The van der Waals surface area contributed by atoms with Crippen molar-refractivity contribution in [3.05, 3.63) is 0 Å². The molecule has 106 valence electrons. The van der Waals surface area contributed by atoms with Crippen molar-refractivity contribution in [2.24, 2.45) is 5.92 Å². The van der Waals surface area contributed by atoms with Gasteiger partial charge in [-0.1, -0.05) is 13.8 Å². The summed E-state index contributed by atoms with van der Waals surface area (Å²) in [5.74, 6) is 0.475. The zero-order chi connectivity index (χ0) is 13.7. The number of morpholine rings is 1. The van der Waals surface area contributed by atoms with Crippen LogP contribution >= 0.6 is 0 Å². The molecule has 1 saturated heterocycles. The van der Waals surface area contributed by atoms with Crippen LogP contribution in [0.2, 0.25) is 0 Å². The normalized spacial score (nSPS) is 27.2. The molecule has 18 heavy (non-hydrogen) atoms. The molecule has 3 unspecified atom stereocenters. The lowest BCUT2D eigenvalue weighted by Gasteiger charge is -2.37. The highest BCUT2D eigenvalue weighted by Gasteiger charge is 2.27. The molecule has 1 amide bonds. The monoisotopic (exact) mass is 258 g/mol. The van der Waals surface area contributed by atoms with Crippen LogP contribution in [0, 0.1) is 5.92 Å². The summed E-state index contributed by atoms with van der Waals surface area (Å²) in [4.78, 5) is 14.0. The van der Waals surface area contributed by atoms with E-state index in [0.717, 1.165) is 0 Å². The quantitative estimate of drug-likeness (QED) is 0.741. The fourth-order valence-electron chi connectivity index (χ4n) is 1.86. The summed E-state index contributed by atoms with van der Waals surface area (Å²) >= 11 is 0. The largest absolute Gasteiger partial charge is 0.394 e. The lowest BCUT2D eigenvalue weighted by Crippen LogP contribution is -2.53. The van der Waals surface area contributed by atoms with Crippen LogP contribution < -0.4 is 5.32 Å². The molecule has 5 heteroatoms. The van der Waals surface area contributed by atoms with E-state index in [2.05, 4.69) is 24.1 Å². The molecule has 0 bridgehead atoms. The second-order valence-corrected chi connectivity index (χ2v) is 5.52. The van der Waals surface area contributed by atoms with E-state index in [0.29, 0.717) is 25.6 Å². The molecule has 1 rings (SSSR count). The summed E-state index contributed by atoms with van der Waals surface area (Å²) in [5.41, 5.74) is 0. The maximum atomic E-state index is 11.9. The predicted octanol–water partition coefficient (Wildman–Crippen LogP) is 0.229. The molecule has 0 aromatic carbocycles. The Labute approximate surface area is 109 Å². The van der Waals surface area contributed by atoms with Crippen LogP contribution in [0.25, 0.3) is 0 Å². The van der Waals surface area contributed by atoms with Crippen molar-refractivity contribution >= 4 is 5.91 Å². The van der Waals surface area contributed by atoms with E-state index in [1.165, 1.54) is 0 Å². The minimum Gasteiger partial charge on any atom is -0.394 e. The zero-order valence-corrected chi connectivity index (χ0v) is 11.8. The summed E-state index contributed by atoms with van der Waals surface area (Å²) in [6, 6.07) is 0.399. The number of amides is 1. The lowest BCUT2D eigenvalue weighted by atomic mass is 10.1.